The monoisotopic (exact) mass is 464 g/mol. The van der Waals surface area contributed by atoms with Crippen LogP contribution in [0.25, 0.3) is 11.1 Å². The van der Waals surface area contributed by atoms with Gasteiger partial charge in [-0.25, -0.2) is 9.59 Å². The summed E-state index contributed by atoms with van der Waals surface area (Å²) in [6.45, 7) is 5.74. The number of benzene rings is 2. The van der Waals surface area contributed by atoms with Gasteiger partial charge < -0.3 is 20.5 Å². The van der Waals surface area contributed by atoms with Crippen LogP contribution in [0.3, 0.4) is 0 Å². The van der Waals surface area contributed by atoms with E-state index in [0.29, 0.717) is 12.8 Å². The highest BCUT2D eigenvalue weighted by molar-refractivity contribution is 5.89. The van der Waals surface area contributed by atoms with E-state index in [2.05, 4.69) is 22.8 Å². The number of alkyl carbamates (subject to hydrolysis) is 1. The van der Waals surface area contributed by atoms with Gasteiger partial charge in [0.05, 0.1) is 0 Å². The Labute approximate surface area is 200 Å². The van der Waals surface area contributed by atoms with E-state index in [-0.39, 0.29) is 18.9 Å². The van der Waals surface area contributed by atoms with E-state index in [0.717, 1.165) is 27.8 Å². The van der Waals surface area contributed by atoms with Crippen LogP contribution >= 0.6 is 0 Å². The molecule has 0 heterocycles. The van der Waals surface area contributed by atoms with Crippen LogP contribution in [0.2, 0.25) is 0 Å². The number of carboxylic acids is 1. The Morgan fingerprint density at radius 1 is 0.971 bits per heavy atom. The number of allylic oxidation sites excluding steroid dienone is 1. The van der Waals surface area contributed by atoms with Crippen LogP contribution < -0.4 is 10.6 Å². The normalized spacial score (nSPS) is 13.7. The van der Waals surface area contributed by atoms with Gasteiger partial charge in [-0.1, -0.05) is 73.5 Å². The molecule has 3 rings (SSSR count). The average Bonchev–Trinajstić information content (AvgIpc) is 3.13. The Balaban J connectivity index is 1.63. The first-order valence-electron chi connectivity index (χ1n) is 11.6. The van der Waals surface area contributed by atoms with Crippen LogP contribution in [-0.2, 0) is 14.3 Å². The molecule has 3 N–H and O–H groups in total. The lowest BCUT2D eigenvalue weighted by Crippen LogP contribution is -2.51. The van der Waals surface area contributed by atoms with Gasteiger partial charge in [-0.2, -0.15) is 0 Å². The number of nitrogens with one attached hydrogen (secondary N) is 2. The Kier molecular flexibility index (Phi) is 8.46. The Bertz CT molecular complexity index is 1030. The van der Waals surface area contributed by atoms with Crippen LogP contribution in [0, 0.1) is 0 Å². The van der Waals surface area contributed by atoms with Gasteiger partial charge in [0.1, 0.15) is 18.7 Å². The number of hydrogen-bond acceptors (Lipinski definition) is 4. The van der Waals surface area contributed by atoms with Crippen molar-refractivity contribution in [2.24, 2.45) is 0 Å². The van der Waals surface area contributed by atoms with Gasteiger partial charge in [-0.15, -0.1) is 0 Å². The number of carbonyl (C=O) groups is 3. The summed E-state index contributed by atoms with van der Waals surface area (Å²) in [5.74, 6) is -1.75. The van der Waals surface area contributed by atoms with Gasteiger partial charge >= 0.3 is 12.1 Å². The molecule has 2 aromatic rings. The zero-order chi connectivity index (χ0) is 24.7. The summed E-state index contributed by atoms with van der Waals surface area (Å²) in [4.78, 5) is 36.9. The second-order valence-electron chi connectivity index (χ2n) is 8.73. The van der Waals surface area contributed by atoms with Crippen molar-refractivity contribution in [3.05, 3.63) is 71.3 Å². The SMILES string of the molecule is CCC[C@H](NC(=O)OCC1c2ccccc2-c2ccccc21)C(=O)NC(CC=C(C)C)C(=O)O. The lowest BCUT2D eigenvalue weighted by molar-refractivity contribution is -0.142. The topological polar surface area (TPSA) is 105 Å². The minimum Gasteiger partial charge on any atom is -0.480 e. The molecule has 0 spiro atoms. The van der Waals surface area contributed by atoms with Crippen LogP contribution in [-0.4, -0.2) is 41.8 Å². The molecule has 34 heavy (non-hydrogen) atoms. The molecule has 1 unspecified atom stereocenters. The standard InChI is InChI=1S/C27H32N2O5/c1-4-9-23(25(30)28-24(26(31)32)15-14-17(2)3)29-27(33)34-16-22-20-12-7-5-10-18(20)19-11-6-8-13-21(19)22/h5-8,10-14,22-24H,4,9,15-16H2,1-3H3,(H,28,30)(H,29,33)(H,31,32)/t23-,24?/m0/s1. The number of hydrogen-bond donors (Lipinski definition) is 3. The van der Waals surface area contributed by atoms with E-state index < -0.39 is 30.1 Å². The zero-order valence-corrected chi connectivity index (χ0v) is 19.8. The van der Waals surface area contributed by atoms with Crippen LogP contribution in [0.4, 0.5) is 4.79 Å². The Hall–Kier alpha value is -3.61. The molecule has 7 heteroatoms. The third kappa shape index (κ3) is 6.04. The van der Waals surface area contributed by atoms with Crippen molar-refractivity contribution in [3.8, 4) is 11.1 Å². The first kappa shape index (κ1) is 25.0. The fraction of sp³-hybridized carbons (Fsp3) is 0.370. The smallest absolute Gasteiger partial charge is 0.407 e. The van der Waals surface area contributed by atoms with Crippen molar-refractivity contribution in [1.29, 1.82) is 0 Å². The van der Waals surface area contributed by atoms with E-state index >= 15 is 0 Å². The molecule has 7 nitrogen and oxygen atoms in total. The molecule has 1 aliphatic rings. The van der Waals surface area contributed by atoms with Crippen molar-refractivity contribution in [3.63, 3.8) is 0 Å². The highest BCUT2D eigenvalue weighted by atomic mass is 16.5. The molecule has 180 valence electrons. The molecule has 2 atom stereocenters. The fourth-order valence-electron chi connectivity index (χ4n) is 4.19. The fourth-order valence-corrected chi connectivity index (χ4v) is 4.19. The summed E-state index contributed by atoms with van der Waals surface area (Å²) < 4.78 is 5.54. The summed E-state index contributed by atoms with van der Waals surface area (Å²) in [6.07, 6.45) is 2.23. The van der Waals surface area contributed by atoms with Crippen LogP contribution in [0.15, 0.2) is 60.2 Å². The average molecular weight is 465 g/mol. The largest absolute Gasteiger partial charge is 0.480 e. The molecular weight excluding hydrogens is 432 g/mol. The molecule has 2 amide bonds. The molecule has 0 saturated heterocycles. The second-order valence-corrected chi connectivity index (χ2v) is 8.73. The predicted octanol–water partition coefficient (Wildman–Crippen LogP) is 4.62. The second kappa shape index (κ2) is 11.5. The first-order valence-corrected chi connectivity index (χ1v) is 11.6. The lowest BCUT2D eigenvalue weighted by Gasteiger charge is -2.21. The number of ether oxygens (including phenoxy) is 1. The highest BCUT2D eigenvalue weighted by Crippen LogP contribution is 2.44. The van der Waals surface area contributed by atoms with E-state index in [1.165, 1.54) is 0 Å². The number of carbonyl (C=O) groups excluding carboxylic acids is 2. The van der Waals surface area contributed by atoms with E-state index in [1.807, 2.05) is 57.2 Å². The maximum absolute atomic E-state index is 12.8. The molecule has 0 aliphatic heterocycles. The molecule has 0 fully saturated rings. The summed E-state index contributed by atoms with van der Waals surface area (Å²) >= 11 is 0. The van der Waals surface area contributed by atoms with Gasteiger partial charge in [0.25, 0.3) is 0 Å². The number of aliphatic carboxylic acids is 1. The number of fused-ring (bicyclic) bond motifs is 3. The highest BCUT2D eigenvalue weighted by Gasteiger charge is 2.30. The molecule has 0 radical (unpaired) electrons. The van der Waals surface area contributed by atoms with E-state index in [4.69, 9.17) is 4.74 Å². The van der Waals surface area contributed by atoms with Crippen molar-refractivity contribution < 1.29 is 24.2 Å². The van der Waals surface area contributed by atoms with Crippen LogP contribution in [0.1, 0.15) is 57.1 Å². The predicted molar refractivity (Wildman–Crippen MR) is 131 cm³/mol. The summed E-state index contributed by atoms with van der Waals surface area (Å²) in [5, 5.41) is 14.6. The van der Waals surface area contributed by atoms with Gasteiger partial charge in [0.2, 0.25) is 5.91 Å². The number of amides is 2. The molecule has 2 aromatic carbocycles. The van der Waals surface area contributed by atoms with Gasteiger partial charge in [0.15, 0.2) is 0 Å². The van der Waals surface area contributed by atoms with Gasteiger partial charge in [0, 0.05) is 5.92 Å². The third-order valence-electron chi connectivity index (χ3n) is 5.91. The number of rotatable bonds is 10. The van der Waals surface area contributed by atoms with Gasteiger partial charge in [-0.05, 0) is 48.9 Å². The summed E-state index contributed by atoms with van der Waals surface area (Å²) in [5.41, 5.74) is 5.42. The summed E-state index contributed by atoms with van der Waals surface area (Å²) in [7, 11) is 0. The Morgan fingerprint density at radius 2 is 1.56 bits per heavy atom. The van der Waals surface area contributed by atoms with Crippen molar-refractivity contribution in [1.82, 2.24) is 10.6 Å². The van der Waals surface area contributed by atoms with Crippen LogP contribution in [0.5, 0.6) is 0 Å². The van der Waals surface area contributed by atoms with Crippen molar-refractivity contribution in [2.45, 2.75) is 58.0 Å². The minimum absolute atomic E-state index is 0.0861. The molecular formula is C27H32N2O5. The Morgan fingerprint density at radius 3 is 2.09 bits per heavy atom. The first-order chi connectivity index (χ1) is 16.3. The maximum Gasteiger partial charge on any atom is 0.407 e. The molecule has 0 aromatic heterocycles. The molecule has 0 saturated carbocycles. The van der Waals surface area contributed by atoms with Gasteiger partial charge in [-0.3, -0.25) is 4.79 Å². The van der Waals surface area contributed by atoms with Crippen molar-refractivity contribution in [2.75, 3.05) is 6.61 Å². The van der Waals surface area contributed by atoms with Crippen molar-refractivity contribution >= 4 is 18.0 Å². The third-order valence-corrected chi connectivity index (χ3v) is 5.91. The quantitative estimate of drug-likeness (QED) is 0.445. The molecule has 0 bridgehead atoms. The maximum atomic E-state index is 12.8. The number of carboxylic acid groups (broad SMARTS) is 1. The zero-order valence-electron chi connectivity index (χ0n) is 19.8. The minimum atomic E-state index is -1.12. The van der Waals surface area contributed by atoms with E-state index in [9.17, 15) is 19.5 Å². The molecule has 1 aliphatic carbocycles. The lowest BCUT2D eigenvalue weighted by atomic mass is 9.98. The summed E-state index contributed by atoms with van der Waals surface area (Å²) in [6, 6.07) is 14.2. The van der Waals surface area contributed by atoms with E-state index in [1.54, 1.807) is 6.08 Å².